The fourth-order valence-electron chi connectivity index (χ4n) is 2.24. The van der Waals surface area contributed by atoms with E-state index >= 15 is 0 Å². The first-order valence-electron chi connectivity index (χ1n) is 7.13. The second kappa shape index (κ2) is 8.85. The molecule has 0 aliphatic carbocycles. The SMILES string of the molecule is COCCN(Cc1ccc(C#N)cc1)Cc1cc(Cl)nc(Cl)c1. The topological polar surface area (TPSA) is 49.1 Å². The number of hydrogen-bond acceptors (Lipinski definition) is 4. The maximum absolute atomic E-state index is 8.87. The summed E-state index contributed by atoms with van der Waals surface area (Å²) in [6.07, 6.45) is 0. The molecule has 0 radical (unpaired) electrons. The smallest absolute Gasteiger partial charge is 0.131 e. The molecule has 1 aromatic carbocycles. The summed E-state index contributed by atoms with van der Waals surface area (Å²) in [5, 5.41) is 9.64. The van der Waals surface area contributed by atoms with Crippen LogP contribution in [0, 0.1) is 11.3 Å². The fourth-order valence-corrected chi connectivity index (χ4v) is 2.75. The van der Waals surface area contributed by atoms with Crippen LogP contribution in [0.4, 0.5) is 0 Å². The van der Waals surface area contributed by atoms with Gasteiger partial charge in [-0.2, -0.15) is 5.26 Å². The molecule has 120 valence electrons. The fraction of sp³-hybridized carbons (Fsp3) is 0.294. The van der Waals surface area contributed by atoms with Crippen molar-refractivity contribution < 1.29 is 4.74 Å². The molecule has 0 aliphatic rings. The minimum absolute atomic E-state index is 0.387. The molecule has 6 heteroatoms. The van der Waals surface area contributed by atoms with Gasteiger partial charge in [0.25, 0.3) is 0 Å². The summed E-state index contributed by atoms with van der Waals surface area (Å²) in [6, 6.07) is 13.3. The van der Waals surface area contributed by atoms with Gasteiger partial charge < -0.3 is 4.74 Å². The molecule has 1 aromatic heterocycles. The van der Waals surface area contributed by atoms with E-state index < -0.39 is 0 Å². The van der Waals surface area contributed by atoms with E-state index in [4.69, 9.17) is 33.2 Å². The first kappa shape index (κ1) is 17.7. The van der Waals surface area contributed by atoms with Crippen LogP contribution >= 0.6 is 23.2 Å². The zero-order valence-corrected chi connectivity index (χ0v) is 14.3. The van der Waals surface area contributed by atoms with Gasteiger partial charge >= 0.3 is 0 Å². The molecule has 4 nitrogen and oxygen atoms in total. The van der Waals surface area contributed by atoms with Crippen molar-refractivity contribution in [1.29, 1.82) is 5.26 Å². The van der Waals surface area contributed by atoms with Crippen LogP contribution in [-0.2, 0) is 17.8 Å². The van der Waals surface area contributed by atoms with Crippen molar-refractivity contribution >= 4 is 23.2 Å². The molecular weight excluding hydrogens is 333 g/mol. The molecule has 0 bridgehead atoms. The number of rotatable bonds is 7. The van der Waals surface area contributed by atoms with Gasteiger partial charge in [-0.15, -0.1) is 0 Å². The van der Waals surface area contributed by atoms with Gasteiger partial charge in [0.05, 0.1) is 18.2 Å². The molecule has 0 atom stereocenters. The Morgan fingerprint density at radius 1 is 1.09 bits per heavy atom. The Labute approximate surface area is 146 Å². The number of pyridine rings is 1. The quantitative estimate of drug-likeness (QED) is 0.711. The molecule has 23 heavy (non-hydrogen) atoms. The van der Waals surface area contributed by atoms with Gasteiger partial charge in [-0.3, -0.25) is 4.90 Å². The molecule has 2 aromatic rings. The molecule has 0 fully saturated rings. The molecule has 1 heterocycles. The molecule has 2 rings (SSSR count). The molecule has 0 N–H and O–H groups in total. The summed E-state index contributed by atoms with van der Waals surface area (Å²) < 4.78 is 5.18. The van der Waals surface area contributed by atoms with E-state index in [0.29, 0.717) is 29.0 Å². The van der Waals surface area contributed by atoms with Crippen LogP contribution in [-0.4, -0.2) is 30.1 Å². The van der Waals surface area contributed by atoms with E-state index in [-0.39, 0.29) is 0 Å². The van der Waals surface area contributed by atoms with Gasteiger partial charge in [0.1, 0.15) is 10.3 Å². The normalized spacial score (nSPS) is 10.7. The first-order chi connectivity index (χ1) is 11.1. The van der Waals surface area contributed by atoms with Crippen molar-refractivity contribution in [1.82, 2.24) is 9.88 Å². The van der Waals surface area contributed by atoms with Crippen LogP contribution in [0.5, 0.6) is 0 Å². The van der Waals surface area contributed by atoms with Gasteiger partial charge in [-0.05, 0) is 35.4 Å². The van der Waals surface area contributed by atoms with E-state index in [1.807, 2.05) is 36.4 Å². The lowest BCUT2D eigenvalue weighted by Gasteiger charge is -2.22. The van der Waals surface area contributed by atoms with Gasteiger partial charge in [0.15, 0.2) is 0 Å². The highest BCUT2D eigenvalue weighted by molar-refractivity contribution is 6.32. The molecular formula is C17H17Cl2N3O. The number of methoxy groups -OCH3 is 1. The van der Waals surface area contributed by atoms with Crippen LogP contribution in [0.2, 0.25) is 10.3 Å². The summed E-state index contributed by atoms with van der Waals surface area (Å²) >= 11 is 11.9. The molecule has 0 aliphatic heterocycles. The van der Waals surface area contributed by atoms with Gasteiger partial charge in [0.2, 0.25) is 0 Å². The third-order valence-electron chi connectivity index (χ3n) is 3.33. The third kappa shape index (κ3) is 5.81. The number of aromatic nitrogens is 1. The van der Waals surface area contributed by atoms with E-state index in [0.717, 1.165) is 24.2 Å². The highest BCUT2D eigenvalue weighted by Crippen LogP contribution is 2.17. The second-order valence-corrected chi connectivity index (χ2v) is 5.91. The molecule has 0 amide bonds. The Hall–Kier alpha value is -1.64. The maximum Gasteiger partial charge on any atom is 0.131 e. The van der Waals surface area contributed by atoms with E-state index in [1.165, 1.54) is 0 Å². The number of benzene rings is 1. The lowest BCUT2D eigenvalue weighted by Crippen LogP contribution is -2.26. The lowest BCUT2D eigenvalue weighted by molar-refractivity contribution is 0.140. The number of halogens is 2. The highest BCUT2D eigenvalue weighted by atomic mass is 35.5. The summed E-state index contributed by atoms with van der Waals surface area (Å²) in [7, 11) is 1.68. The number of nitriles is 1. The summed E-state index contributed by atoms with van der Waals surface area (Å²) in [4.78, 5) is 6.19. The van der Waals surface area contributed by atoms with Gasteiger partial charge in [0, 0.05) is 26.7 Å². The minimum atomic E-state index is 0.387. The van der Waals surface area contributed by atoms with Crippen LogP contribution < -0.4 is 0 Å². The van der Waals surface area contributed by atoms with Crippen molar-refractivity contribution in [3.63, 3.8) is 0 Å². The number of nitrogens with zero attached hydrogens (tertiary/aromatic N) is 3. The predicted molar refractivity (Wildman–Crippen MR) is 91.4 cm³/mol. The Morgan fingerprint density at radius 3 is 2.26 bits per heavy atom. The average molecular weight is 350 g/mol. The maximum atomic E-state index is 8.87. The Morgan fingerprint density at radius 2 is 1.70 bits per heavy atom. The van der Waals surface area contributed by atoms with Crippen molar-refractivity contribution in [2.45, 2.75) is 13.1 Å². The molecule has 0 saturated heterocycles. The van der Waals surface area contributed by atoms with Crippen molar-refractivity contribution in [3.05, 3.63) is 63.4 Å². The summed E-state index contributed by atoms with van der Waals surface area (Å²) in [6.45, 7) is 2.83. The summed E-state index contributed by atoms with van der Waals surface area (Å²) in [5.74, 6) is 0. The Kier molecular flexibility index (Phi) is 6.82. The molecule has 0 spiro atoms. The third-order valence-corrected chi connectivity index (χ3v) is 3.72. The first-order valence-corrected chi connectivity index (χ1v) is 7.88. The second-order valence-electron chi connectivity index (χ2n) is 5.13. The zero-order valence-electron chi connectivity index (χ0n) is 12.8. The molecule has 0 saturated carbocycles. The van der Waals surface area contributed by atoms with Crippen molar-refractivity contribution in [2.24, 2.45) is 0 Å². The average Bonchev–Trinajstić information content (AvgIpc) is 2.52. The van der Waals surface area contributed by atoms with Crippen LogP contribution in [0.3, 0.4) is 0 Å². The molecule has 0 unspecified atom stereocenters. The Balaban J connectivity index is 2.10. The number of ether oxygens (including phenoxy) is 1. The van der Waals surface area contributed by atoms with Gasteiger partial charge in [-0.25, -0.2) is 4.98 Å². The monoisotopic (exact) mass is 349 g/mol. The largest absolute Gasteiger partial charge is 0.383 e. The van der Waals surface area contributed by atoms with E-state index in [2.05, 4.69) is 16.0 Å². The van der Waals surface area contributed by atoms with Gasteiger partial charge in [-0.1, -0.05) is 35.3 Å². The highest BCUT2D eigenvalue weighted by Gasteiger charge is 2.09. The summed E-state index contributed by atoms with van der Waals surface area (Å²) in [5.41, 5.74) is 2.79. The minimum Gasteiger partial charge on any atom is -0.383 e. The van der Waals surface area contributed by atoms with E-state index in [1.54, 1.807) is 7.11 Å². The van der Waals surface area contributed by atoms with E-state index in [9.17, 15) is 0 Å². The van der Waals surface area contributed by atoms with Crippen LogP contribution in [0.15, 0.2) is 36.4 Å². The number of hydrogen-bond donors (Lipinski definition) is 0. The van der Waals surface area contributed by atoms with Crippen LogP contribution in [0.1, 0.15) is 16.7 Å². The van der Waals surface area contributed by atoms with Crippen molar-refractivity contribution in [2.75, 3.05) is 20.3 Å². The van der Waals surface area contributed by atoms with Crippen molar-refractivity contribution in [3.8, 4) is 6.07 Å². The van der Waals surface area contributed by atoms with Crippen LogP contribution in [0.25, 0.3) is 0 Å². The zero-order chi connectivity index (χ0) is 16.7. The lowest BCUT2D eigenvalue weighted by atomic mass is 10.1. The Bertz CT molecular complexity index is 663. The standard InChI is InChI=1S/C17H17Cl2N3O/c1-23-7-6-22(11-14-4-2-13(10-20)3-5-14)12-15-8-16(18)21-17(19)9-15/h2-5,8-9H,6-7,11-12H2,1H3. The predicted octanol–water partition coefficient (Wildman–Crippen LogP) is 3.91.